The highest BCUT2D eigenvalue weighted by molar-refractivity contribution is 5.47. The Morgan fingerprint density at radius 2 is 1.77 bits per heavy atom. The van der Waals surface area contributed by atoms with E-state index in [9.17, 15) is 5.11 Å². The van der Waals surface area contributed by atoms with Gasteiger partial charge in [0, 0.05) is 26.2 Å². The third-order valence-corrected chi connectivity index (χ3v) is 4.33. The van der Waals surface area contributed by atoms with Gasteiger partial charge in [0.2, 0.25) is 11.9 Å². The van der Waals surface area contributed by atoms with Gasteiger partial charge in [0.15, 0.2) is 0 Å². The standard InChI is InChI=1S/C18H25N7O/c1-3-23(4-2)17-21-16-19-14-20-25(16)18(22-17)24(12-13-26)11-10-15-8-6-5-7-9-15/h5-9,14,26H,3-4,10-13H2,1-2H3. The summed E-state index contributed by atoms with van der Waals surface area (Å²) >= 11 is 0. The molecule has 0 aliphatic rings. The van der Waals surface area contributed by atoms with Crippen LogP contribution in [0.2, 0.25) is 0 Å². The Hall–Kier alpha value is -2.74. The second kappa shape index (κ2) is 8.57. The maximum atomic E-state index is 9.55. The minimum atomic E-state index is 0.0373. The largest absolute Gasteiger partial charge is 0.395 e. The highest BCUT2D eigenvalue weighted by Crippen LogP contribution is 2.17. The van der Waals surface area contributed by atoms with Gasteiger partial charge in [0.1, 0.15) is 6.33 Å². The van der Waals surface area contributed by atoms with Gasteiger partial charge >= 0.3 is 0 Å². The number of hydrogen-bond acceptors (Lipinski definition) is 7. The Bertz CT molecular complexity index is 817. The Morgan fingerprint density at radius 3 is 2.46 bits per heavy atom. The molecule has 8 heteroatoms. The van der Waals surface area contributed by atoms with Gasteiger partial charge in [0.05, 0.1) is 6.61 Å². The number of nitrogens with zero attached hydrogens (tertiary/aromatic N) is 7. The molecule has 0 radical (unpaired) electrons. The third-order valence-electron chi connectivity index (χ3n) is 4.33. The van der Waals surface area contributed by atoms with E-state index in [2.05, 4.69) is 45.9 Å². The number of anilines is 2. The first-order valence-electron chi connectivity index (χ1n) is 8.99. The van der Waals surface area contributed by atoms with Crippen molar-refractivity contribution in [3.8, 4) is 0 Å². The van der Waals surface area contributed by atoms with E-state index in [0.717, 1.165) is 19.5 Å². The summed E-state index contributed by atoms with van der Waals surface area (Å²) in [5, 5.41) is 13.8. The van der Waals surface area contributed by atoms with Gasteiger partial charge in [0.25, 0.3) is 5.78 Å². The number of rotatable bonds is 9. The van der Waals surface area contributed by atoms with Gasteiger partial charge in [-0.05, 0) is 25.8 Å². The summed E-state index contributed by atoms with van der Waals surface area (Å²) in [7, 11) is 0. The van der Waals surface area contributed by atoms with Crippen molar-refractivity contribution in [3.63, 3.8) is 0 Å². The van der Waals surface area contributed by atoms with Crippen LogP contribution in [0, 0.1) is 0 Å². The Kier molecular flexibility index (Phi) is 5.96. The molecule has 0 spiro atoms. The van der Waals surface area contributed by atoms with E-state index in [0.29, 0.717) is 30.8 Å². The fourth-order valence-electron chi connectivity index (χ4n) is 2.90. The molecular formula is C18H25N7O. The molecular weight excluding hydrogens is 330 g/mol. The molecule has 0 amide bonds. The van der Waals surface area contributed by atoms with Crippen LogP contribution in [-0.4, -0.2) is 62.5 Å². The van der Waals surface area contributed by atoms with E-state index < -0.39 is 0 Å². The summed E-state index contributed by atoms with van der Waals surface area (Å²) in [4.78, 5) is 17.6. The van der Waals surface area contributed by atoms with Crippen molar-refractivity contribution < 1.29 is 5.11 Å². The number of hydrogen-bond donors (Lipinski definition) is 1. The maximum absolute atomic E-state index is 9.55. The number of aliphatic hydroxyl groups excluding tert-OH is 1. The van der Waals surface area contributed by atoms with E-state index >= 15 is 0 Å². The van der Waals surface area contributed by atoms with Gasteiger partial charge in [-0.25, -0.2) is 0 Å². The maximum Gasteiger partial charge on any atom is 0.258 e. The minimum absolute atomic E-state index is 0.0373. The monoisotopic (exact) mass is 355 g/mol. The van der Waals surface area contributed by atoms with Gasteiger partial charge in [-0.1, -0.05) is 30.3 Å². The van der Waals surface area contributed by atoms with E-state index in [1.54, 1.807) is 4.52 Å². The summed E-state index contributed by atoms with van der Waals surface area (Å²) in [6.45, 7) is 6.98. The lowest BCUT2D eigenvalue weighted by atomic mass is 10.1. The van der Waals surface area contributed by atoms with E-state index in [4.69, 9.17) is 4.98 Å². The molecule has 2 heterocycles. The smallest absolute Gasteiger partial charge is 0.258 e. The predicted molar refractivity (Wildman–Crippen MR) is 102 cm³/mol. The molecule has 2 aromatic heterocycles. The normalized spacial score (nSPS) is 11.0. The molecule has 0 atom stereocenters. The molecule has 0 unspecified atom stereocenters. The van der Waals surface area contributed by atoms with Crippen LogP contribution in [0.25, 0.3) is 5.78 Å². The van der Waals surface area contributed by atoms with Crippen LogP contribution in [0.1, 0.15) is 19.4 Å². The van der Waals surface area contributed by atoms with Crippen molar-refractivity contribution in [2.45, 2.75) is 20.3 Å². The summed E-state index contributed by atoms with van der Waals surface area (Å²) in [6, 6.07) is 10.3. The predicted octanol–water partition coefficient (Wildman–Crippen LogP) is 1.41. The zero-order valence-electron chi connectivity index (χ0n) is 15.3. The van der Waals surface area contributed by atoms with Gasteiger partial charge in [-0.2, -0.15) is 24.6 Å². The number of benzene rings is 1. The molecule has 138 valence electrons. The fourth-order valence-corrected chi connectivity index (χ4v) is 2.90. The first kappa shape index (κ1) is 18.1. The number of aliphatic hydroxyl groups is 1. The van der Waals surface area contributed by atoms with Crippen LogP contribution in [0.4, 0.5) is 11.9 Å². The Labute approximate surface area is 153 Å². The van der Waals surface area contributed by atoms with Gasteiger partial charge < -0.3 is 14.9 Å². The first-order valence-corrected chi connectivity index (χ1v) is 8.99. The van der Waals surface area contributed by atoms with Crippen molar-refractivity contribution in [2.75, 3.05) is 42.6 Å². The molecule has 3 aromatic rings. The minimum Gasteiger partial charge on any atom is -0.395 e. The molecule has 1 aromatic carbocycles. The van der Waals surface area contributed by atoms with Crippen LogP contribution >= 0.6 is 0 Å². The van der Waals surface area contributed by atoms with Crippen molar-refractivity contribution in [3.05, 3.63) is 42.2 Å². The first-order chi connectivity index (χ1) is 12.8. The average Bonchev–Trinajstić information content (AvgIpc) is 3.15. The lowest BCUT2D eigenvalue weighted by Crippen LogP contribution is -2.33. The Balaban J connectivity index is 1.94. The average molecular weight is 355 g/mol. The lowest BCUT2D eigenvalue weighted by Gasteiger charge is -2.25. The molecule has 8 nitrogen and oxygen atoms in total. The highest BCUT2D eigenvalue weighted by atomic mass is 16.3. The van der Waals surface area contributed by atoms with Crippen molar-refractivity contribution in [1.29, 1.82) is 0 Å². The van der Waals surface area contributed by atoms with Gasteiger partial charge in [-0.3, -0.25) is 0 Å². The van der Waals surface area contributed by atoms with Crippen molar-refractivity contribution in [2.24, 2.45) is 0 Å². The molecule has 0 aliphatic carbocycles. The number of fused-ring (bicyclic) bond motifs is 1. The van der Waals surface area contributed by atoms with Crippen molar-refractivity contribution in [1.82, 2.24) is 24.6 Å². The van der Waals surface area contributed by atoms with Crippen LogP contribution in [-0.2, 0) is 6.42 Å². The van der Waals surface area contributed by atoms with E-state index in [-0.39, 0.29) is 6.61 Å². The fraction of sp³-hybridized carbons (Fsp3) is 0.444. The van der Waals surface area contributed by atoms with Crippen LogP contribution in [0.3, 0.4) is 0 Å². The lowest BCUT2D eigenvalue weighted by molar-refractivity contribution is 0.301. The summed E-state index contributed by atoms with van der Waals surface area (Å²) in [5.41, 5.74) is 1.24. The molecule has 1 N–H and O–H groups in total. The molecule has 0 fully saturated rings. The summed E-state index contributed by atoms with van der Waals surface area (Å²) in [5.74, 6) is 1.80. The van der Waals surface area contributed by atoms with E-state index in [1.807, 2.05) is 23.1 Å². The molecule has 3 rings (SSSR count). The zero-order chi connectivity index (χ0) is 18.4. The quantitative estimate of drug-likeness (QED) is 0.621. The zero-order valence-corrected chi connectivity index (χ0v) is 15.3. The second-order valence-corrected chi connectivity index (χ2v) is 5.91. The molecule has 0 aliphatic heterocycles. The van der Waals surface area contributed by atoms with Crippen LogP contribution in [0.5, 0.6) is 0 Å². The van der Waals surface area contributed by atoms with Gasteiger partial charge in [-0.15, -0.1) is 0 Å². The molecule has 0 saturated carbocycles. The van der Waals surface area contributed by atoms with Crippen molar-refractivity contribution >= 4 is 17.7 Å². The molecule has 26 heavy (non-hydrogen) atoms. The topological polar surface area (TPSA) is 82.7 Å². The second-order valence-electron chi connectivity index (χ2n) is 5.91. The van der Waals surface area contributed by atoms with Crippen LogP contribution in [0.15, 0.2) is 36.7 Å². The number of aromatic nitrogens is 5. The Morgan fingerprint density at radius 1 is 1.00 bits per heavy atom. The summed E-state index contributed by atoms with van der Waals surface area (Å²) in [6.07, 6.45) is 2.33. The van der Waals surface area contributed by atoms with E-state index in [1.165, 1.54) is 11.9 Å². The summed E-state index contributed by atoms with van der Waals surface area (Å²) < 4.78 is 1.63. The third kappa shape index (κ3) is 3.91. The SMILES string of the molecule is CCN(CC)c1nc(N(CCO)CCc2ccccc2)n2ncnc2n1. The molecule has 0 saturated heterocycles. The van der Waals surface area contributed by atoms with Crippen LogP contribution < -0.4 is 9.80 Å². The molecule has 0 bridgehead atoms. The highest BCUT2D eigenvalue weighted by Gasteiger charge is 2.18.